The molecule has 2 rings (SSSR count). The molecular formula is C12H20N2S. The van der Waals surface area contributed by atoms with Gasteiger partial charge in [-0.15, -0.1) is 0 Å². The fourth-order valence-corrected chi connectivity index (χ4v) is 2.84. The van der Waals surface area contributed by atoms with E-state index in [4.69, 9.17) is 0 Å². The molecule has 3 heteroatoms. The van der Waals surface area contributed by atoms with Crippen molar-refractivity contribution in [1.82, 2.24) is 5.32 Å². The van der Waals surface area contributed by atoms with E-state index >= 15 is 0 Å². The van der Waals surface area contributed by atoms with Crippen LogP contribution in [0.25, 0.3) is 0 Å². The highest BCUT2D eigenvalue weighted by atomic mass is 32.1. The zero-order valence-electron chi connectivity index (χ0n) is 9.33. The summed E-state index contributed by atoms with van der Waals surface area (Å²) in [6.07, 6.45) is 5.32. The van der Waals surface area contributed by atoms with Crippen molar-refractivity contribution in [3.8, 4) is 0 Å². The number of anilines is 1. The SMILES string of the molecule is CC(CC1CCCCN1)Nc1ccsc1. The van der Waals surface area contributed by atoms with Crippen molar-refractivity contribution in [2.24, 2.45) is 0 Å². The Morgan fingerprint density at radius 1 is 1.60 bits per heavy atom. The minimum Gasteiger partial charge on any atom is -0.382 e. The van der Waals surface area contributed by atoms with Crippen molar-refractivity contribution < 1.29 is 0 Å². The van der Waals surface area contributed by atoms with Crippen molar-refractivity contribution in [3.63, 3.8) is 0 Å². The quantitative estimate of drug-likeness (QED) is 0.821. The van der Waals surface area contributed by atoms with Gasteiger partial charge in [-0.2, -0.15) is 11.3 Å². The van der Waals surface area contributed by atoms with E-state index in [1.807, 2.05) is 0 Å². The Labute approximate surface area is 96.1 Å². The molecule has 1 fully saturated rings. The van der Waals surface area contributed by atoms with Gasteiger partial charge in [0.1, 0.15) is 0 Å². The second-order valence-corrected chi connectivity index (χ2v) is 5.22. The normalized spacial score (nSPS) is 23.7. The van der Waals surface area contributed by atoms with E-state index in [9.17, 15) is 0 Å². The third kappa shape index (κ3) is 3.50. The van der Waals surface area contributed by atoms with Crippen LogP contribution in [0.2, 0.25) is 0 Å². The first-order valence-electron chi connectivity index (χ1n) is 5.87. The van der Waals surface area contributed by atoms with Crippen LogP contribution in [0.15, 0.2) is 16.8 Å². The summed E-state index contributed by atoms with van der Waals surface area (Å²) < 4.78 is 0. The highest BCUT2D eigenvalue weighted by molar-refractivity contribution is 7.08. The summed E-state index contributed by atoms with van der Waals surface area (Å²) in [5, 5.41) is 11.4. The third-order valence-corrected chi connectivity index (χ3v) is 3.67. The lowest BCUT2D eigenvalue weighted by Crippen LogP contribution is -2.37. The maximum absolute atomic E-state index is 3.59. The first kappa shape index (κ1) is 11.0. The zero-order valence-corrected chi connectivity index (χ0v) is 10.1. The smallest absolute Gasteiger partial charge is 0.0450 e. The van der Waals surface area contributed by atoms with Gasteiger partial charge in [-0.25, -0.2) is 0 Å². The summed E-state index contributed by atoms with van der Waals surface area (Å²) in [6, 6.07) is 3.44. The molecule has 2 nitrogen and oxygen atoms in total. The standard InChI is InChI=1S/C12H20N2S/c1-10(14-12-5-7-15-9-12)8-11-4-2-3-6-13-11/h5,7,9-11,13-14H,2-4,6,8H2,1H3. The molecule has 1 saturated heterocycles. The molecule has 2 N–H and O–H groups in total. The number of nitrogens with one attached hydrogen (secondary N) is 2. The molecule has 0 spiro atoms. The van der Waals surface area contributed by atoms with Crippen molar-refractivity contribution in [3.05, 3.63) is 16.8 Å². The van der Waals surface area contributed by atoms with E-state index < -0.39 is 0 Å². The molecular weight excluding hydrogens is 204 g/mol. The van der Waals surface area contributed by atoms with Gasteiger partial charge in [-0.05, 0) is 44.2 Å². The molecule has 0 bridgehead atoms. The Morgan fingerprint density at radius 3 is 3.20 bits per heavy atom. The molecule has 0 radical (unpaired) electrons. The van der Waals surface area contributed by atoms with Crippen molar-refractivity contribution >= 4 is 17.0 Å². The lowest BCUT2D eigenvalue weighted by molar-refractivity contribution is 0.371. The molecule has 15 heavy (non-hydrogen) atoms. The second-order valence-electron chi connectivity index (χ2n) is 4.44. The first-order chi connectivity index (χ1) is 7.34. The molecule has 0 amide bonds. The lowest BCUT2D eigenvalue weighted by Gasteiger charge is -2.26. The van der Waals surface area contributed by atoms with Gasteiger partial charge in [0.05, 0.1) is 0 Å². The van der Waals surface area contributed by atoms with Gasteiger partial charge >= 0.3 is 0 Å². The molecule has 1 aliphatic heterocycles. The minimum atomic E-state index is 0.565. The van der Waals surface area contributed by atoms with Gasteiger partial charge in [0.15, 0.2) is 0 Å². The van der Waals surface area contributed by atoms with E-state index in [1.54, 1.807) is 11.3 Å². The monoisotopic (exact) mass is 224 g/mol. The van der Waals surface area contributed by atoms with Crippen LogP contribution in [-0.4, -0.2) is 18.6 Å². The van der Waals surface area contributed by atoms with E-state index in [1.165, 1.54) is 37.9 Å². The summed E-state index contributed by atoms with van der Waals surface area (Å²) in [5.41, 5.74) is 1.27. The number of hydrogen-bond acceptors (Lipinski definition) is 3. The summed E-state index contributed by atoms with van der Waals surface area (Å²) in [6.45, 7) is 3.48. The molecule has 0 aromatic carbocycles. The Morgan fingerprint density at radius 2 is 2.53 bits per heavy atom. The van der Waals surface area contributed by atoms with Crippen molar-refractivity contribution in [2.45, 2.75) is 44.7 Å². The van der Waals surface area contributed by atoms with Crippen LogP contribution in [0, 0.1) is 0 Å². The summed E-state index contributed by atoms with van der Waals surface area (Å²) in [5.74, 6) is 0. The second kappa shape index (κ2) is 5.52. The largest absolute Gasteiger partial charge is 0.382 e. The molecule has 0 aliphatic carbocycles. The van der Waals surface area contributed by atoms with Crippen LogP contribution in [0.1, 0.15) is 32.6 Å². The summed E-state index contributed by atoms with van der Waals surface area (Å²) in [7, 11) is 0. The number of rotatable bonds is 4. The first-order valence-corrected chi connectivity index (χ1v) is 6.81. The van der Waals surface area contributed by atoms with Gasteiger partial charge in [-0.1, -0.05) is 6.42 Å². The molecule has 1 aromatic heterocycles. The lowest BCUT2D eigenvalue weighted by atomic mass is 9.99. The Balaban J connectivity index is 1.74. The molecule has 1 aromatic rings. The summed E-state index contributed by atoms with van der Waals surface area (Å²) in [4.78, 5) is 0. The van der Waals surface area contributed by atoms with Crippen LogP contribution in [0.4, 0.5) is 5.69 Å². The van der Waals surface area contributed by atoms with Gasteiger partial charge in [0.25, 0.3) is 0 Å². The van der Waals surface area contributed by atoms with E-state index in [0.717, 1.165) is 6.04 Å². The van der Waals surface area contributed by atoms with E-state index in [2.05, 4.69) is 34.4 Å². The van der Waals surface area contributed by atoms with Gasteiger partial charge in [0.2, 0.25) is 0 Å². The number of piperidine rings is 1. The molecule has 2 unspecified atom stereocenters. The minimum absolute atomic E-state index is 0.565. The maximum atomic E-state index is 3.59. The van der Waals surface area contributed by atoms with Gasteiger partial charge in [0, 0.05) is 23.2 Å². The molecule has 2 atom stereocenters. The van der Waals surface area contributed by atoms with Gasteiger partial charge < -0.3 is 10.6 Å². The van der Waals surface area contributed by atoms with Crippen LogP contribution in [-0.2, 0) is 0 Å². The van der Waals surface area contributed by atoms with Crippen LogP contribution in [0.3, 0.4) is 0 Å². The molecule has 84 valence electrons. The topological polar surface area (TPSA) is 24.1 Å². The predicted molar refractivity (Wildman–Crippen MR) is 67.7 cm³/mol. The number of hydrogen-bond donors (Lipinski definition) is 2. The highest BCUT2D eigenvalue weighted by Crippen LogP contribution is 2.17. The predicted octanol–water partition coefficient (Wildman–Crippen LogP) is 3.08. The van der Waals surface area contributed by atoms with Crippen LogP contribution in [0.5, 0.6) is 0 Å². The van der Waals surface area contributed by atoms with Crippen molar-refractivity contribution in [2.75, 3.05) is 11.9 Å². The van der Waals surface area contributed by atoms with Crippen molar-refractivity contribution in [1.29, 1.82) is 0 Å². The van der Waals surface area contributed by atoms with E-state index in [-0.39, 0.29) is 0 Å². The molecule has 0 saturated carbocycles. The average Bonchev–Trinajstić information content (AvgIpc) is 2.71. The molecule has 1 aliphatic rings. The Bertz CT molecular complexity index is 265. The Hall–Kier alpha value is -0.540. The zero-order chi connectivity index (χ0) is 10.5. The summed E-state index contributed by atoms with van der Waals surface area (Å²) >= 11 is 1.75. The fraction of sp³-hybridized carbons (Fsp3) is 0.667. The van der Waals surface area contributed by atoms with Crippen LogP contribution < -0.4 is 10.6 Å². The maximum Gasteiger partial charge on any atom is 0.0450 e. The highest BCUT2D eigenvalue weighted by Gasteiger charge is 2.15. The van der Waals surface area contributed by atoms with E-state index in [0.29, 0.717) is 6.04 Å². The third-order valence-electron chi connectivity index (χ3n) is 2.98. The Kier molecular flexibility index (Phi) is 4.03. The van der Waals surface area contributed by atoms with Gasteiger partial charge in [-0.3, -0.25) is 0 Å². The molecule has 2 heterocycles. The number of thiophene rings is 1. The average molecular weight is 224 g/mol. The fourth-order valence-electron chi connectivity index (χ4n) is 2.24. The van der Waals surface area contributed by atoms with Crippen LogP contribution >= 0.6 is 11.3 Å².